The molecule has 0 heterocycles. The van der Waals surface area contributed by atoms with Gasteiger partial charge in [-0.25, -0.2) is 4.99 Å². The number of aliphatic imine (C=N–C) groups is 1. The van der Waals surface area contributed by atoms with Crippen LogP contribution in [0.3, 0.4) is 0 Å². The maximum absolute atomic E-state index is 12.2. The molecule has 0 aliphatic carbocycles. The van der Waals surface area contributed by atoms with E-state index in [-0.39, 0.29) is 24.2 Å². The number of nitrogens with zero attached hydrogens (tertiary/aromatic N) is 2. The van der Waals surface area contributed by atoms with Gasteiger partial charge in [-0.05, 0) is 49.8 Å². The van der Waals surface area contributed by atoms with Crippen molar-refractivity contribution in [3.8, 4) is 5.75 Å². The SMILES string of the molecule is CCNC(=NCC(=O)Nc1ccc(O)cc1)NCC(c1ccccc1)N(CC)CC. The summed E-state index contributed by atoms with van der Waals surface area (Å²) in [6.45, 7) is 9.58. The molecule has 162 valence electrons. The number of nitrogens with one attached hydrogen (secondary N) is 3. The summed E-state index contributed by atoms with van der Waals surface area (Å²) in [5.74, 6) is 0.540. The molecule has 2 aromatic carbocycles. The standard InChI is InChI=1S/C23H33N5O2/c1-4-24-23(26-17-22(30)27-19-12-14-20(29)15-13-19)25-16-21(28(5-2)6-3)18-10-8-7-9-11-18/h7-15,21,29H,4-6,16-17H2,1-3H3,(H,27,30)(H2,24,25,26). The molecule has 7 heteroatoms. The van der Waals surface area contributed by atoms with Crippen LogP contribution in [0.1, 0.15) is 32.4 Å². The summed E-state index contributed by atoms with van der Waals surface area (Å²) in [6.07, 6.45) is 0. The fourth-order valence-corrected chi connectivity index (χ4v) is 3.23. The molecule has 0 fully saturated rings. The molecule has 1 amide bonds. The summed E-state index contributed by atoms with van der Waals surface area (Å²) in [4.78, 5) is 19.0. The monoisotopic (exact) mass is 411 g/mol. The number of phenols is 1. The van der Waals surface area contributed by atoms with Crippen LogP contribution in [-0.2, 0) is 4.79 Å². The van der Waals surface area contributed by atoms with Gasteiger partial charge in [-0.15, -0.1) is 0 Å². The highest BCUT2D eigenvalue weighted by atomic mass is 16.3. The Balaban J connectivity index is 2.01. The lowest BCUT2D eigenvalue weighted by Gasteiger charge is -2.30. The smallest absolute Gasteiger partial charge is 0.246 e. The van der Waals surface area contributed by atoms with Crippen molar-refractivity contribution < 1.29 is 9.90 Å². The Labute approximate surface area is 179 Å². The number of hydrogen-bond donors (Lipinski definition) is 4. The number of guanidine groups is 1. The molecule has 2 aromatic rings. The number of phenolic OH excluding ortho intramolecular Hbond substituents is 1. The Morgan fingerprint density at radius 3 is 2.27 bits per heavy atom. The highest BCUT2D eigenvalue weighted by Crippen LogP contribution is 2.19. The Kier molecular flexibility index (Phi) is 9.67. The molecular weight excluding hydrogens is 378 g/mol. The molecule has 0 radical (unpaired) electrons. The van der Waals surface area contributed by atoms with Gasteiger partial charge in [0.15, 0.2) is 5.96 Å². The third-order valence-corrected chi connectivity index (χ3v) is 4.78. The first kappa shape index (κ1) is 23.2. The van der Waals surface area contributed by atoms with Crippen LogP contribution >= 0.6 is 0 Å². The van der Waals surface area contributed by atoms with Gasteiger partial charge < -0.3 is 21.1 Å². The van der Waals surface area contributed by atoms with Crippen molar-refractivity contribution in [2.24, 2.45) is 4.99 Å². The molecule has 0 saturated heterocycles. The molecule has 0 bridgehead atoms. The lowest BCUT2D eigenvalue weighted by atomic mass is 10.1. The second kappa shape index (κ2) is 12.5. The summed E-state index contributed by atoms with van der Waals surface area (Å²) in [6, 6.07) is 17.0. The molecule has 0 aromatic heterocycles. The number of benzene rings is 2. The van der Waals surface area contributed by atoms with Gasteiger partial charge in [0, 0.05) is 18.8 Å². The minimum atomic E-state index is -0.221. The Morgan fingerprint density at radius 1 is 1.00 bits per heavy atom. The van der Waals surface area contributed by atoms with Crippen LogP contribution < -0.4 is 16.0 Å². The normalized spacial score (nSPS) is 12.5. The van der Waals surface area contributed by atoms with E-state index in [1.165, 1.54) is 17.7 Å². The molecular formula is C23H33N5O2. The van der Waals surface area contributed by atoms with E-state index in [1.54, 1.807) is 12.1 Å². The molecule has 2 rings (SSSR count). The lowest BCUT2D eigenvalue weighted by Crippen LogP contribution is -2.43. The zero-order chi connectivity index (χ0) is 21.8. The van der Waals surface area contributed by atoms with Gasteiger partial charge in [0.05, 0.1) is 6.04 Å². The van der Waals surface area contributed by atoms with E-state index in [0.29, 0.717) is 24.7 Å². The van der Waals surface area contributed by atoms with E-state index in [2.05, 4.69) is 64.0 Å². The first-order valence-electron chi connectivity index (χ1n) is 10.5. The number of likely N-dealkylation sites (N-methyl/N-ethyl adjacent to an activating group) is 1. The van der Waals surface area contributed by atoms with Gasteiger partial charge in [0.2, 0.25) is 5.91 Å². The average molecular weight is 412 g/mol. The third-order valence-electron chi connectivity index (χ3n) is 4.78. The van der Waals surface area contributed by atoms with Gasteiger partial charge in [-0.2, -0.15) is 0 Å². The number of aromatic hydroxyl groups is 1. The van der Waals surface area contributed by atoms with E-state index >= 15 is 0 Å². The van der Waals surface area contributed by atoms with Gasteiger partial charge in [-0.1, -0.05) is 44.2 Å². The minimum Gasteiger partial charge on any atom is -0.508 e. The van der Waals surface area contributed by atoms with Crippen LogP contribution in [0.4, 0.5) is 5.69 Å². The van der Waals surface area contributed by atoms with Crippen molar-refractivity contribution in [2.45, 2.75) is 26.8 Å². The van der Waals surface area contributed by atoms with Crippen molar-refractivity contribution in [2.75, 3.05) is 38.0 Å². The van der Waals surface area contributed by atoms with Crippen LogP contribution in [0, 0.1) is 0 Å². The highest BCUT2D eigenvalue weighted by molar-refractivity contribution is 5.94. The van der Waals surface area contributed by atoms with Crippen LogP contribution in [0.15, 0.2) is 59.6 Å². The van der Waals surface area contributed by atoms with Gasteiger partial charge >= 0.3 is 0 Å². The van der Waals surface area contributed by atoms with Crippen molar-refractivity contribution >= 4 is 17.6 Å². The number of amides is 1. The molecule has 0 aliphatic heterocycles. The lowest BCUT2D eigenvalue weighted by molar-refractivity contribution is -0.114. The number of anilines is 1. The Bertz CT molecular complexity index is 789. The molecule has 1 unspecified atom stereocenters. The molecule has 1 atom stereocenters. The Morgan fingerprint density at radius 2 is 1.67 bits per heavy atom. The summed E-state index contributed by atoms with van der Waals surface area (Å²) in [5.41, 5.74) is 1.87. The zero-order valence-corrected chi connectivity index (χ0v) is 18.1. The maximum atomic E-state index is 12.2. The van der Waals surface area contributed by atoms with Crippen LogP contribution in [0.2, 0.25) is 0 Å². The quantitative estimate of drug-likeness (QED) is 0.274. The van der Waals surface area contributed by atoms with Crippen molar-refractivity contribution in [1.82, 2.24) is 15.5 Å². The number of hydrogen-bond acceptors (Lipinski definition) is 4. The molecule has 30 heavy (non-hydrogen) atoms. The van der Waals surface area contributed by atoms with Crippen LogP contribution in [0.25, 0.3) is 0 Å². The topological polar surface area (TPSA) is 89.0 Å². The van der Waals surface area contributed by atoms with Gasteiger partial charge in [0.25, 0.3) is 0 Å². The molecule has 0 aliphatic rings. The number of carbonyl (C=O) groups excluding carboxylic acids is 1. The van der Waals surface area contributed by atoms with E-state index in [0.717, 1.165) is 13.1 Å². The van der Waals surface area contributed by atoms with Crippen molar-refractivity contribution in [1.29, 1.82) is 0 Å². The molecule has 4 N–H and O–H groups in total. The first-order chi connectivity index (χ1) is 14.6. The summed E-state index contributed by atoms with van der Waals surface area (Å²) >= 11 is 0. The predicted molar refractivity (Wildman–Crippen MR) is 123 cm³/mol. The maximum Gasteiger partial charge on any atom is 0.246 e. The second-order valence-corrected chi connectivity index (χ2v) is 6.82. The predicted octanol–water partition coefficient (Wildman–Crippen LogP) is 2.97. The van der Waals surface area contributed by atoms with Crippen LogP contribution in [0.5, 0.6) is 5.75 Å². The minimum absolute atomic E-state index is 0.00250. The second-order valence-electron chi connectivity index (χ2n) is 6.82. The van der Waals surface area contributed by atoms with E-state index < -0.39 is 0 Å². The van der Waals surface area contributed by atoms with Crippen LogP contribution in [-0.4, -0.2) is 54.6 Å². The summed E-state index contributed by atoms with van der Waals surface area (Å²) in [7, 11) is 0. The molecule has 7 nitrogen and oxygen atoms in total. The van der Waals surface area contributed by atoms with E-state index in [1.807, 2.05) is 13.0 Å². The fourth-order valence-electron chi connectivity index (χ4n) is 3.23. The zero-order valence-electron chi connectivity index (χ0n) is 18.1. The van der Waals surface area contributed by atoms with Gasteiger partial charge in [0.1, 0.15) is 12.3 Å². The first-order valence-corrected chi connectivity index (χ1v) is 10.5. The highest BCUT2D eigenvalue weighted by Gasteiger charge is 2.18. The van der Waals surface area contributed by atoms with E-state index in [4.69, 9.17) is 0 Å². The fraction of sp³-hybridized carbons (Fsp3) is 0.391. The summed E-state index contributed by atoms with van der Waals surface area (Å²) in [5, 5.41) is 18.7. The van der Waals surface area contributed by atoms with Gasteiger partial charge in [-0.3, -0.25) is 9.69 Å². The molecule has 0 spiro atoms. The Hall–Kier alpha value is -3.06. The summed E-state index contributed by atoms with van der Waals surface area (Å²) < 4.78 is 0. The van der Waals surface area contributed by atoms with E-state index in [9.17, 15) is 9.90 Å². The molecule has 0 saturated carbocycles. The van der Waals surface area contributed by atoms with Crippen molar-refractivity contribution in [3.63, 3.8) is 0 Å². The van der Waals surface area contributed by atoms with Crippen molar-refractivity contribution in [3.05, 3.63) is 60.2 Å². The average Bonchev–Trinajstić information content (AvgIpc) is 2.77. The largest absolute Gasteiger partial charge is 0.508 e. The number of carbonyl (C=O) groups is 1. The third kappa shape index (κ3) is 7.40. The number of rotatable bonds is 10.